The van der Waals surface area contributed by atoms with E-state index in [9.17, 15) is 27.6 Å². The predicted molar refractivity (Wildman–Crippen MR) is 136 cm³/mol. The molecular formula is C24H25N3O8S2. The smallest absolute Gasteiger partial charge is 0.337 e. The van der Waals surface area contributed by atoms with E-state index in [1.807, 2.05) is 0 Å². The highest BCUT2D eigenvalue weighted by Gasteiger charge is 2.17. The number of ether oxygens (including phenoxy) is 2. The third kappa shape index (κ3) is 7.24. The maximum Gasteiger partial charge on any atom is 0.337 e. The molecule has 0 aliphatic rings. The number of hydrogen-bond donors (Lipinski definition) is 1. The third-order valence-corrected chi connectivity index (χ3v) is 7.19. The van der Waals surface area contributed by atoms with E-state index in [0.29, 0.717) is 6.42 Å². The molecule has 0 saturated heterocycles. The quantitative estimate of drug-likeness (QED) is 0.162. The summed E-state index contributed by atoms with van der Waals surface area (Å²) in [5.41, 5.74) is 0.823. The van der Waals surface area contributed by atoms with Gasteiger partial charge in [0.1, 0.15) is 6.42 Å². The number of aromatic nitrogens is 2. The number of ketones is 1. The van der Waals surface area contributed by atoms with Crippen molar-refractivity contribution in [3.63, 3.8) is 0 Å². The first kappa shape index (κ1) is 28.0. The molecule has 0 aliphatic carbocycles. The van der Waals surface area contributed by atoms with Crippen LogP contribution in [0.2, 0.25) is 0 Å². The summed E-state index contributed by atoms with van der Waals surface area (Å²) in [6, 6.07) is 10.3. The lowest BCUT2D eigenvalue weighted by Gasteiger charge is -2.14. The minimum atomic E-state index is -3.83. The Labute approximate surface area is 217 Å². The van der Waals surface area contributed by atoms with Crippen LogP contribution in [0.25, 0.3) is 10.9 Å². The number of Topliss-reactive ketones (excluding diaryl/α,β-unsaturated/α-hetero) is 1. The number of rotatable bonds is 11. The average Bonchev–Trinajstić information content (AvgIpc) is 2.86. The Hall–Kier alpha value is -3.55. The Bertz CT molecular complexity index is 1500. The summed E-state index contributed by atoms with van der Waals surface area (Å²) in [4.78, 5) is 53.7. The summed E-state index contributed by atoms with van der Waals surface area (Å²) < 4.78 is 33.9. The number of fused-ring (bicyclic) bond motifs is 1. The van der Waals surface area contributed by atoms with Crippen molar-refractivity contribution >= 4 is 50.4 Å². The zero-order valence-electron chi connectivity index (χ0n) is 20.1. The second-order valence-electron chi connectivity index (χ2n) is 7.82. The second kappa shape index (κ2) is 12.1. The molecule has 0 bridgehead atoms. The van der Waals surface area contributed by atoms with Gasteiger partial charge in [-0.2, -0.15) is 0 Å². The van der Waals surface area contributed by atoms with Crippen molar-refractivity contribution in [1.29, 1.82) is 0 Å². The lowest BCUT2D eigenvalue weighted by molar-refractivity contribution is -0.145. The molecular weight excluding hydrogens is 522 g/mol. The van der Waals surface area contributed by atoms with E-state index in [2.05, 4.69) is 4.98 Å². The van der Waals surface area contributed by atoms with Gasteiger partial charge < -0.3 is 9.47 Å². The Kier molecular flexibility index (Phi) is 9.18. The summed E-state index contributed by atoms with van der Waals surface area (Å²) in [5, 5.41) is 5.62. The van der Waals surface area contributed by atoms with Gasteiger partial charge in [0, 0.05) is 6.54 Å². The minimum Gasteiger partial charge on any atom is -0.466 e. The van der Waals surface area contributed by atoms with Crippen molar-refractivity contribution in [1.82, 2.24) is 9.55 Å². The molecule has 0 unspecified atom stereocenters. The zero-order valence-corrected chi connectivity index (χ0v) is 21.8. The Morgan fingerprint density at radius 3 is 2.43 bits per heavy atom. The number of esters is 2. The molecule has 0 amide bonds. The van der Waals surface area contributed by atoms with Gasteiger partial charge in [-0.3, -0.25) is 19.0 Å². The van der Waals surface area contributed by atoms with Crippen LogP contribution in [0.4, 0.5) is 0 Å². The summed E-state index contributed by atoms with van der Waals surface area (Å²) in [7, 11) is -2.59. The van der Waals surface area contributed by atoms with Crippen LogP contribution in [0.1, 0.15) is 29.3 Å². The van der Waals surface area contributed by atoms with Crippen molar-refractivity contribution in [2.45, 2.75) is 36.4 Å². The summed E-state index contributed by atoms with van der Waals surface area (Å²) in [6.07, 6.45) is -0.0515. The molecule has 1 aromatic heterocycles. The number of carbonyl (C=O) groups excluding carboxylic acids is 3. The number of nitrogens with two attached hydrogens (primary N) is 1. The van der Waals surface area contributed by atoms with Crippen LogP contribution in [0.3, 0.4) is 0 Å². The lowest BCUT2D eigenvalue weighted by atomic mass is 10.1. The zero-order chi connectivity index (χ0) is 27.2. The van der Waals surface area contributed by atoms with E-state index in [0.717, 1.165) is 17.3 Å². The Balaban J connectivity index is 1.93. The molecule has 37 heavy (non-hydrogen) atoms. The molecule has 0 spiro atoms. The van der Waals surface area contributed by atoms with Crippen LogP contribution >= 0.6 is 11.8 Å². The van der Waals surface area contributed by atoms with E-state index < -0.39 is 34.2 Å². The molecule has 2 N–H and O–H groups in total. The maximum atomic E-state index is 13.4. The largest absolute Gasteiger partial charge is 0.466 e. The summed E-state index contributed by atoms with van der Waals surface area (Å²) in [5.74, 6) is -1.75. The normalized spacial score (nSPS) is 11.3. The molecule has 3 rings (SSSR count). The number of hydrogen-bond acceptors (Lipinski definition) is 10. The van der Waals surface area contributed by atoms with Gasteiger partial charge in [-0.25, -0.2) is 23.3 Å². The van der Waals surface area contributed by atoms with Crippen LogP contribution < -0.4 is 10.7 Å². The fraction of sp³-hybridized carbons (Fsp3) is 0.292. The van der Waals surface area contributed by atoms with Crippen LogP contribution in [-0.4, -0.2) is 55.2 Å². The molecule has 196 valence electrons. The maximum absolute atomic E-state index is 13.4. The lowest BCUT2D eigenvalue weighted by Crippen LogP contribution is -2.25. The minimum absolute atomic E-state index is 0.0291. The van der Waals surface area contributed by atoms with Crippen molar-refractivity contribution in [3.8, 4) is 0 Å². The van der Waals surface area contributed by atoms with Gasteiger partial charge >= 0.3 is 11.9 Å². The fourth-order valence-electron chi connectivity index (χ4n) is 3.41. The first-order valence-electron chi connectivity index (χ1n) is 11.1. The van der Waals surface area contributed by atoms with Gasteiger partial charge in [-0.1, -0.05) is 23.9 Å². The molecule has 3 aromatic rings. The first-order valence-corrected chi connectivity index (χ1v) is 13.6. The van der Waals surface area contributed by atoms with Crippen LogP contribution in [-0.2, 0) is 42.1 Å². The number of aryl methyl sites for hydroxylation is 1. The van der Waals surface area contributed by atoms with Gasteiger partial charge in [0.2, 0.25) is 10.0 Å². The molecule has 13 heteroatoms. The highest BCUT2D eigenvalue weighted by molar-refractivity contribution is 7.99. The number of carbonyl (C=O) groups is 3. The monoisotopic (exact) mass is 547 g/mol. The molecule has 0 aliphatic heterocycles. The third-order valence-electron chi connectivity index (χ3n) is 5.23. The Morgan fingerprint density at radius 1 is 1.11 bits per heavy atom. The highest BCUT2D eigenvalue weighted by Crippen LogP contribution is 2.21. The molecule has 0 saturated carbocycles. The SMILES string of the molecule is CCOC(=O)CC(=O)CSc1nc2cc(C(=O)OC)ccc2c(=O)n1CCc1ccc(S(N)(=O)=O)cc1. The molecule has 1 heterocycles. The number of primary sulfonamides is 1. The van der Waals surface area contributed by atoms with E-state index in [1.54, 1.807) is 19.1 Å². The van der Waals surface area contributed by atoms with Gasteiger partial charge in [0.25, 0.3) is 5.56 Å². The van der Waals surface area contributed by atoms with Crippen LogP contribution in [0, 0.1) is 0 Å². The van der Waals surface area contributed by atoms with Crippen molar-refractivity contribution in [3.05, 3.63) is 63.9 Å². The topological polar surface area (TPSA) is 165 Å². The molecule has 0 atom stereocenters. The molecule has 11 nitrogen and oxygen atoms in total. The number of nitrogens with zero attached hydrogens (tertiary/aromatic N) is 2. The molecule has 0 radical (unpaired) electrons. The molecule has 2 aromatic carbocycles. The molecule has 0 fully saturated rings. The second-order valence-corrected chi connectivity index (χ2v) is 10.3. The van der Waals surface area contributed by atoms with Gasteiger partial charge in [0.15, 0.2) is 10.9 Å². The van der Waals surface area contributed by atoms with Crippen molar-refractivity contribution in [2.24, 2.45) is 5.14 Å². The van der Waals surface area contributed by atoms with Crippen molar-refractivity contribution in [2.75, 3.05) is 19.5 Å². The fourth-order valence-corrected chi connectivity index (χ4v) is 4.81. The number of thioether (sulfide) groups is 1. The van der Waals surface area contributed by atoms with E-state index in [1.165, 1.54) is 42.0 Å². The summed E-state index contributed by atoms with van der Waals surface area (Å²) in [6.45, 7) is 1.97. The predicted octanol–water partition coefficient (Wildman–Crippen LogP) is 1.69. The first-order chi connectivity index (χ1) is 17.5. The van der Waals surface area contributed by atoms with Crippen molar-refractivity contribution < 1.29 is 32.3 Å². The number of methoxy groups -OCH3 is 1. The van der Waals surface area contributed by atoms with E-state index in [-0.39, 0.29) is 51.0 Å². The van der Waals surface area contributed by atoms with E-state index >= 15 is 0 Å². The van der Waals surface area contributed by atoms with Crippen LogP contribution in [0.5, 0.6) is 0 Å². The van der Waals surface area contributed by atoms with Gasteiger partial charge in [-0.05, 0) is 49.2 Å². The number of benzene rings is 2. The Morgan fingerprint density at radius 2 is 1.81 bits per heavy atom. The summed E-state index contributed by atoms with van der Waals surface area (Å²) >= 11 is 0.988. The van der Waals surface area contributed by atoms with Crippen LogP contribution in [0.15, 0.2) is 57.3 Å². The van der Waals surface area contributed by atoms with Gasteiger partial charge in [0.05, 0.1) is 40.8 Å². The highest BCUT2D eigenvalue weighted by atomic mass is 32.2. The van der Waals surface area contributed by atoms with Gasteiger partial charge in [-0.15, -0.1) is 0 Å². The van der Waals surface area contributed by atoms with E-state index in [4.69, 9.17) is 14.6 Å². The standard InChI is InChI=1S/C24H25N3O8S2/c1-3-35-21(29)13-17(28)14-36-24-26-20-12-16(23(31)34-2)6-9-19(20)22(30)27(24)11-10-15-4-7-18(8-5-15)37(25,32)33/h4-9,12H,3,10-11,13-14H2,1-2H3,(H2,25,32,33). The average molecular weight is 548 g/mol. The number of sulfonamides is 1.